The van der Waals surface area contributed by atoms with Crippen molar-refractivity contribution in [2.45, 2.75) is 32.9 Å². The zero-order valence-corrected chi connectivity index (χ0v) is 10.9. The Bertz CT molecular complexity index is 386. The van der Waals surface area contributed by atoms with Gasteiger partial charge in [0.15, 0.2) is 0 Å². The van der Waals surface area contributed by atoms with Crippen molar-refractivity contribution in [3.05, 3.63) is 11.9 Å². The number of ether oxygens (including phenoxy) is 1. The molecule has 5 heteroatoms. The number of rotatable bonds is 2. The Hall–Kier alpha value is -1.36. The number of hydrogen-bond donors (Lipinski definition) is 1. The van der Waals surface area contributed by atoms with Crippen LogP contribution < -0.4 is 15.0 Å². The molecular formula is C12H20N4O. The number of nitrogens with zero attached hydrogens (tertiary/aromatic N) is 3. The van der Waals surface area contributed by atoms with Crippen molar-refractivity contribution in [3.63, 3.8) is 0 Å². The summed E-state index contributed by atoms with van der Waals surface area (Å²) in [4.78, 5) is 10.8. The van der Waals surface area contributed by atoms with E-state index >= 15 is 0 Å². The number of aromatic nitrogens is 2. The van der Waals surface area contributed by atoms with E-state index in [1.165, 1.54) is 0 Å². The highest BCUT2D eigenvalue weighted by Gasteiger charge is 2.24. The maximum absolute atomic E-state index is 5.24. The maximum atomic E-state index is 5.24. The lowest BCUT2D eigenvalue weighted by Gasteiger charge is -2.37. The maximum Gasteiger partial charge on any atom is 0.221 e. The molecule has 0 aliphatic carbocycles. The zero-order valence-electron chi connectivity index (χ0n) is 10.9. The van der Waals surface area contributed by atoms with Crippen LogP contribution in [0.5, 0.6) is 5.88 Å². The lowest BCUT2D eigenvalue weighted by atomic mass is 10.1. The fourth-order valence-electron chi connectivity index (χ4n) is 2.45. The molecule has 1 N–H and O–H groups in total. The first-order valence-corrected chi connectivity index (χ1v) is 5.98. The Labute approximate surface area is 102 Å². The molecule has 2 rings (SSSR count). The van der Waals surface area contributed by atoms with E-state index in [9.17, 15) is 0 Å². The standard InChI is InChI=1S/C12H20N4O/c1-8-5-16(6-9(2)15-8)11-10(3)12(17-4)14-7-13-11/h7-9,15H,5-6H2,1-4H3. The minimum absolute atomic E-state index is 0.471. The van der Waals surface area contributed by atoms with Crippen molar-refractivity contribution in [1.29, 1.82) is 0 Å². The van der Waals surface area contributed by atoms with E-state index in [0.717, 1.165) is 24.5 Å². The first-order valence-electron chi connectivity index (χ1n) is 5.98. The molecule has 0 radical (unpaired) electrons. The quantitative estimate of drug-likeness (QED) is 0.829. The van der Waals surface area contributed by atoms with Gasteiger partial charge in [0.1, 0.15) is 12.1 Å². The van der Waals surface area contributed by atoms with Gasteiger partial charge in [0, 0.05) is 25.2 Å². The van der Waals surface area contributed by atoms with Gasteiger partial charge in [-0.15, -0.1) is 0 Å². The normalized spacial score (nSPS) is 24.8. The van der Waals surface area contributed by atoms with Gasteiger partial charge in [0.2, 0.25) is 5.88 Å². The molecule has 5 nitrogen and oxygen atoms in total. The molecule has 0 aromatic carbocycles. The summed E-state index contributed by atoms with van der Waals surface area (Å²) in [6.07, 6.45) is 1.57. The van der Waals surface area contributed by atoms with E-state index < -0.39 is 0 Å². The third-order valence-electron chi connectivity index (χ3n) is 3.06. The summed E-state index contributed by atoms with van der Waals surface area (Å²) in [5, 5.41) is 3.51. The van der Waals surface area contributed by atoms with Crippen LogP contribution in [-0.2, 0) is 0 Å². The highest BCUT2D eigenvalue weighted by molar-refractivity contribution is 5.50. The first-order chi connectivity index (χ1) is 8.11. The Morgan fingerprint density at radius 2 is 1.94 bits per heavy atom. The Morgan fingerprint density at radius 3 is 2.53 bits per heavy atom. The van der Waals surface area contributed by atoms with Crippen molar-refractivity contribution in [2.24, 2.45) is 0 Å². The molecule has 1 aromatic rings. The monoisotopic (exact) mass is 236 g/mol. The molecule has 94 valence electrons. The summed E-state index contributed by atoms with van der Waals surface area (Å²) in [5.41, 5.74) is 1.01. The van der Waals surface area contributed by atoms with Gasteiger partial charge in [-0.2, -0.15) is 0 Å². The van der Waals surface area contributed by atoms with Crippen LogP contribution in [-0.4, -0.2) is 42.3 Å². The van der Waals surface area contributed by atoms with Crippen molar-refractivity contribution in [2.75, 3.05) is 25.1 Å². The number of hydrogen-bond acceptors (Lipinski definition) is 5. The Kier molecular flexibility index (Phi) is 3.47. The molecule has 2 heterocycles. The second-order valence-electron chi connectivity index (χ2n) is 4.71. The molecule has 1 aliphatic rings. The average Bonchev–Trinajstić information content (AvgIpc) is 2.28. The van der Waals surface area contributed by atoms with Gasteiger partial charge in [-0.1, -0.05) is 0 Å². The van der Waals surface area contributed by atoms with Crippen LogP contribution in [0.3, 0.4) is 0 Å². The second-order valence-corrected chi connectivity index (χ2v) is 4.71. The summed E-state index contributed by atoms with van der Waals surface area (Å²) in [5.74, 6) is 1.64. The lowest BCUT2D eigenvalue weighted by molar-refractivity contribution is 0.388. The van der Waals surface area contributed by atoms with Crippen LogP contribution in [0.25, 0.3) is 0 Å². The van der Waals surface area contributed by atoms with Crippen molar-refractivity contribution in [1.82, 2.24) is 15.3 Å². The molecule has 1 aliphatic heterocycles. The highest BCUT2D eigenvalue weighted by Crippen LogP contribution is 2.24. The molecule has 0 saturated carbocycles. The smallest absolute Gasteiger partial charge is 0.221 e. The van der Waals surface area contributed by atoms with E-state index in [-0.39, 0.29) is 0 Å². The van der Waals surface area contributed by atoms with Crippen LogP contribution >= 0.6 is 0 Å². The molecule has 1 fully saturated rings. The molecule has 1 aromatic heterocycles. The zero-order chi connectivity index (χ0) is 12.4. The van der Waals surface area contributed by atoms with E-state index in [1.54, 1.807) is 13.4 Å². The first kappa shape index (κ1) is 12.1. The number of methoxy groups -OCH3 is 1. The molecule has 0 spiro atoms. The fraction of sp³-hybridized carbons (Fsp3) is 0.667. The lowest BCUT2D eigenvalue weighted by Crippen LogP contribution is -2.54. The largest absolute Gasteiger partial charge is 0.481 e. The van der Waals surface area contributed by atoms with Crippen molar-refractivity contribution >= 4 is 5.82 Å². The fourth-order valence-corrected chi connectivity index (χ4v) is 2.45. The molecule has 17 heavy (non-hydrogen) atoms. The number of anilines is 1. The summed E-state index contributed by atoms with van der Waals surface area (Å²) in [6.45, 7) is 8.31. The number of piperazine rings is 1. The van der Waals surface area contributed by atoms with Gasteiger partial charge < -0.3 is 15.0 Å². The predicted octanol–water partition coefficient (Wildman–Crippen LogP) is 0.980. The van der Waals surface area contributed by atoms with Crippen molar-refractivity contribution < 1.29 is 4.74 Å². The minimum atomic E-state index is 0.471. The third-order valence-corrected chi connectivity index (χ3v) is 3.06. The third kappa shape index (κ3) is 2.49. The van der Waals surface area contributed by atoms with Gasteiger partial charge in [0.05, 0.1) is 12.7 Å². The summed E-state index contributed by atoms with van der Waals surface area (Å²) in [6, 6.07) is 0.943. The molecule has 2 unspecified atom stereocenters. The molecule has 0 amide bonds. The van der Waals surface area contributed by atoms with Crippen LogP contribution in [0.15, 0.2) is 6.33 Å². The second kappa shape index (κ2) is 4.87. The Balaban J connectivity index is 2.27. The van der Waals surface area contributed by atoms with Crippen LogP contribution in [0.1, 0.15) is 19.4 Å². The Morgan fingerprint density at radius 1 is 1.29 bits per heavy atom. The van der Waals surface area contributed by atoms with Gasteiger partial charge in [-0.05, 0) is 20.8 Å². The molecule has 1 saturated heterocycles. The van der Waals surface area contributed by atoms with Gasteiger partial charge >= 0.3 is 0 Å². The van der Waals surface area contributed by atoms with E-state index in [1.807, 2.05) is 6.92 Å². The molecule has 0 bridgehead atoms. The molecular weight excluding hydrogens is 216 g/mol. The highest BCUT2D eigenvalue weighted by atomic mass is 16.5. The van der Waals surface area contributed by atoms with Gasteiger partial charge in [-0.25, -0.2) is 9.97 Å². The van der Waals surface area contributed by atoms with Crippen molar-refractivity contribution in [3.8, 4) is 5.88 Å². The number of nitrogens with one attached hydrogen (secondary N) is 1. The molecule has 2 atom stereocenters. The predicted molar refractivity (Wildman–Crippen MR) is 67.6 cm³/mol. The topological polar surface area (TPSA) is 50.3 Å². The van der Waals surface area contributed by atoms with Gasteiger partial charge in [-0.3, -0.25) is 0 Å². The summed E-state index contributed by atoms with van der Waals surface area (Å²) >= 11 is 0. The van der Waals surface area contributed by atoms with Crippen LogP contribution in [0.4, 0.5) is 5.82 Å². The summed E-state index contributed by atoms with van der Waals surface area (Å²) < 4.78 is 5.24. The van der Waals surface area contributed by atoms with E-state index in [2.05, 4.69) is 34.0 Å². The van der Waals surface area contributed by atoms with Crippen LogP contribution in [0, 0.1) is 6.92 Å². The minimum Gasteiger partial charge on any atom is -0.481 e. The van der Waals surface area contributed by atoms with E-state index in [0.29, 0.717) is 18.0 Å². The SMILES string of the molecule is COc1ncnc(N2CC(C)NC(C)C2)c1C. The van der Waals surface area contributed by atoms with Crippen LogP contribution in [0.2, 0.25) is 0 Å². The van der Waals surface area contributed by atoms with E-state index in [4.69, 9.17) is 4.74 Å². The summed E-state index contributed by atoms with van der Waals surface area (Å²) in [7, 11) is 1.64. The average molecular weight is 236 g/mol. The van der Waals surface area contributed by atoms with Gasteiger partial charge in [0.25, 0.3) is 0 Å².